The van der Waals surface area contributed by atoms with Crippen LogP contribution in [0.25, 0.3) is 10.6 Å². The lowest BCUT2D eigenvalue weighted by molar-refractivity contribution is 0.0691. The number of hydrogen-bond acceptors (Lipinski definition) is 5. The minimum atomic E-state index is -1.23. The molecule has 7 nitrogen and oxygen atoms in total. The van der Waals surface area contributed by atoms with E-state index in [0.29, 0.717) is 17.0 Å². The van der Waals surface area contributed by atoms with Crippen molar-refractivity contribution in [3.8, 4) is 16.3 Å². The molecule has 0 fully saturated rings. The van der Waals surface area contributed by atoms with Crippen molar-refractivity contribution in [3.63, 3.8) is 0 Å². The minimum Gasteiger partial charge on any atom is -0.497 e. The molecule has 3 rings (SSSR count). The van der Waals surface area contributed by atoms with E-state index in [-0.39, 0.29) is 11.4 Å². The summed E-state index contributed by atoms with van der Waals surface area (Å²) in [6, 6.07) is 10.2. The van der Waals surface area contributed by atoms with E-state index < -0.39 is 11.9 Å². The molecule has 0 radical (unpaired) electrons. The molecule has 1 aromatic carbocycles. The Kier molecular flexibility index (Phi) is 4.30. The summed E-state index contributed by atoms with van der Waals surface area (Å²) in [7, 11) is 1.50. The van der Waals surface area contributed by atoms with Gasteiger partial charge >= 0.3 is 5.97 Å². The number of anilines is 1. The second-order valence-corrected chi connectivity index (χ2v) is 5.74. The Morgan fingerprint density at radius 1 is 1.29 bits per heavy atom. The average molecular weight is 343 g/mol. The molecule has 0 saturated carbocycles. The number of aromatic carboxylic acids is 1. The van der Waals surface area contributed by atoms with E-state index in [4.69, 9.17) is 4.74 Å². The summed E-state index contributed by atoms with van der Waals surface area (Å²) < 4.78 is 5.09. The lowest BCUT2D eigenvalue weighted by atomic mass is 10.2. The maximum Gasteiger partial charge on any atom is 0.358 e. The van der Waals surface area contributed by atoms with Crippen LogP contribution in [0.15, 0.2) is 41.8 Å². The van der Waals surface area contributed by atoms with Crippen LogP contribution in [0.4, 0.5) is 5.69 Å². The van der Waals surface area contributed by atoms with Gasteiger partial charge in [0, 0.05) is 5.56 Å². The van der Waals surface area contributed by atoms with Gasteiger partial charge in [-0.2, -0.15) is 5.10 Å². The van der Waals surface area contributed by atoms with Crippen molar-refractivity contribution in [2.45, 2.75) is 0 Å². The number of H-pyrrole nitrogens is 1. The summed E-state index contributed by atoms with van der Waals surface area (Å²) in [5, 5.41) is 20.2. The number of nitrogens with one attached hydrogen (secondary N) is 2. The van der Waals surface area contributed by atoms with Crippen molar-refractivity contribution in [2.24, 2.45) is 0 Å². The molecule has 0 aliphatic heterocycles. The molecule has 0 aliphatic rings. The first-order chi connectivity index (χ1) is 11.6. The highest BCUT2D eigenvalue weighted by Gasteiger charge is 2.22. The number of thiophene rings is 1. The van der Waals surface area contributed by atoms with Gasteiger partial charge in [-0.25, -0.2) is 4.79 Å². The van der Waals surface area contributed by atoms with Gasteiger partial charge in [0.1, 0.15) is 11.4 Å². The van der Waals surface area contributed by atoms with Crippen molar-refractivity contribution in [1.82, 2.24) is 10.2 Å². The Labute approximate surface area is 140 Å². The van der Waals surface area contributed by atoms with Crippen LogP contribution >= 0.6 is 11.3 Å². The molecule has 2 heterocycles. The lowest BCUT2D eigenvalue weighted by Crippen LogP contribution is -2.14. The van der Waals surface area contributed by atoms with E-state index in [2.05, 4.69) is 15.5 Å². The van der Waals surface area contributed by atoms with Crippen molar-refractivity contribution < 1.29 is 19.4 Å². The molecule has 1 amide bonds. The molecular weight excluding hydrogens is 330 g/mol. The third-order valence-electron chi connectivity index (χ3n) is 3.31. The zero-order valence-corrected chi connectivity index (χ0v) is 13.4. The predicted octanol–water partition coefficient (Wildman–Crippen LogP) is 3.10. The van der Waals surface area contributed by atoms with Crippen LogP contribution in [0, 0.1) is 0 Å². The third-order valence-corrected chi connectivity index (χ3v) is 4.19. The van der Waals surface area contributed by atoms with Crippen molar-refractivity contribution in [1.29, 1.82) is 0 Å². The Hall–Kier alpha value is -3.13. The van der Waals surface area contributed by atoms with Gasteiger partial charge in [-0.05, 0) is 29.6 Å². The second kappa shape index (κ2) is 6.55. The number of carbonyl (C=O) groups is 2. The highest BCUT2D eigenvalue weighted by atomic mass is 32.1. The van der Waals surface area contributed by atoms with Gasteiger partial charge in [-0.15, -0.1) is 11.3 Å². The van der Waals surface area contributed by atoms with E-state index in [1.54, 1.807) is 24.3 Å². The summed E-state index contributed by atoms with van der Waals surface area (Å²) in [5.41, 5.74) is 0.704. The third kappa shape index (κ3) is 2.99. The fourth-order valence-electron chi connectivity index (χ4n) is 2.17. The van der Waals surface area contributed by atoms with Crippen molar-refractivity contribution in [2.75, 3.05) is 12.4 Å². The normalized spacial score (nSPS) is 10.4. The molecule has 0 saturated heterocycles. The molecule has 0 spiro atoms. The van der Waals surface area contributed by atoms with Crippen LogP contribution in [0.5, 0.6) is 5.75 Å². The number of aromatic nitrogens is 2. The highest BCUT2D eigenvalue weighted by Crippen LogP contribution is 2.32. The van der Waals surface area contributed by atoms with Gasteiger partial charge in [0.05, 0.1) is 17.7 Å². The van der Waals surface area contributed by atoms with E-state index in [1.807, 2.05) is 17.5 Å². The van der Waals surface area contributed by atoms with E-state index in [0.717, 1.165) is 4.88 Å². The van der Waals surface area contributed by atoms with Crippen molar-refractivity contribution >= 4 is 28.9 Å². The number of rotatable bonds is 5. The first-order valence-corrected chi connectivity index (χ1v) is 7.79. The standard InChI is InChI=1S/C16H13N3O4S/c1-23-10-5-2-4-9(8-10)15(20)17-13-12(11-6-3-7-24-11)18-19-14(13)16(21)22/h2-8H,1H3,(H,17,20)(H,18,19)(H,21,22). The summed E-state index contributed by atoms with van der Waals surface area (Å²) in [5.74, 6) is -1.14. The topological polar surface area (TPSA) is 104 Å². The number of carboxylic acid groups (broad SMARTS) is 1. The second-order valence-electron chi connectivity index (χ2n) is 4.79. The smallest absolute Gasteiger partial charge is 0.358 e. The van der Waals surface area contributed by atoms with E-state index in [1.165, 1.54) is 18.4 Å². The Morgan fingerprint density at radius 3 is 2.79 bits per heavy atom. The first kappa shape index (κ1) is 15.8. The Bertz CT molecular complexity index is 887. The molecule has 3 aromatic rings. The fraction of sp³-hybridized carbons (Fsp3) is 0.0625. The van der Waals surface area contributed by atoms with Crippen LogP contribution in [-0.2, 0) is 0 Å². The number of ether oxygens (including phenoxy) is 1. The maximum atomic E-state index is 12.5. The molecular formula is C16H13N3O4S. The van der Waals surface area contributed by atoms with Gasteiger partial charge in [-0.1, -0.05) is 12.1 Å². The van der Waals surface area contributed by atoms with Crippen LogP contribution in [-0.4, -0.2) is 34.3 Å². The molecule has 2 aromatic heterocycles. The number of amides is 1. The van der Waals surface area contributed by atoms with Gasteiger partial charge in [-0.3, -0.25) is 9.89 Å². The van der Waals surface area contributed by atoms with Crippen LogP contribution in [0.3, 0.4) is 0 Å². The number of benzene rings is 1. The number of nitrogens with zero attached hydrogens (tertiary/aromatic N) is 1. The minimum absolute atomic E-state index is 0.137. The maximum absolute atomic E-state index is 12.5. The fourth-order valence-corrected chi connectivity index (χ4v) is 2.89. The largest absolute Gasteiger partial charge is 0.497 e. The number of methoxy groups -OCH3 is 1. The summed E-state index contributed by atoms with van der Waals surface area (Å²) in [6.07, 6.45) is 0. The lowest BCUT2D eigenvalue weighted by Gasteiger charge is -2.07. The summed E-state index contributed by atoms with van der Waals surface area (Å²) in [4.78, 5) is 24.6. The van der Waals surface area contributed by atoms with Gasteiger partial charge in [0.25, 0.3) is 5.91 Å². The summed E-state index contributed by atoms with van der Waals surface area (Å²) >= 11 is 1.41. The zero-order valence-electron chi connectivity index (χ0n) is 12.6. The SMILES string of the molecule is COc1cccc(C(=O)Nc2c(C(=O)O)n[nH]c2-c2cccs2)c1. The molecule has 8 heteroatoms. The molecule has 24 heavy (non-hydrogen) atoms. The van der Waals surface area contributed by atoms with Gasteiger partial charge in [0.15, 0.2) is 5.69 Å². The Balaban J connectivity index is 1.97. The summed E-state index contributed by atoms with van der Waals surface area (Å²) in [6.45, 7) is 0. The number of hydrogen-bond donors (Lipinski definition) is 3. The number of carbonyl (C=O) groups excluding carboxylic acids is 1. The van der Waals surface area contributed by atoms with Gasteiger partial charge < -0.3 is 15.2 Å². The molecule has 3 N–H and O–H groups in total. The monoisotopic (exact) mass is 343 g/mol. The molecule has 122 valence electrons. The molecule has 0 aliphatic carbocycles. The van der Waals surface area contributed by atoms with Crippen molar-refractivity contribution in [3.05, 3.63) is 53.0 Å². The quantitative estimate of drug-likeness (QED) is 0.660. The number of aromatic amines is 1. The van der Waals surface area contributed by atoms with Crippen LogP contribution in [0.2, 0.25) is 0 Å². The average Bonchev–Trinajstić information content (AvgIpc) is 3.24. The van der Waals surface area contributed by atoms with Crippen LogP contribution in [0.1, 0.15) is 20.8 Å². The van der Waals surface area contributed by atoms with E-state index >= 15 is 0 Å². The highest BCUT2D eigenvalue weighted by molar-refractivity contribution is 7.13. The molecule has 0 atom stereocenters. The first-order valence-electron chi connectivity index (χ1n) is 6.91. The molecule has 0 bridgehead atoms. The number of carboxylic acids is 1. The van der Waals surface area contributed by atoms with E-state index in [9.17, 15) is 14.7 Å². The predicted molar refractivity (Wildman–Crippen MR) is 89.8 cm³/mol. The molecule has 0 unspecified atom stereocenters. The Morgan fingerprint density at radius 2 is 2.12 bits per heavy atom. The van der Waals surface area contributed by atoms with Gasteiger partial charge in [0.2, 0.25) is 0 Å². The van der Waals surface area contributed by atoms with Crippen LogP contribution < -0.4 is 10.1 Å². The zero-order chi connectivity index (χ0) is 17.1.